The zero-order valence-corrected chi connectivity index (χ0v) is 7.96. The number of rotatable bonds is 3. The van der Waals surface area contributed by atoms with Crippen molar-refractivity contribution in [2.75, 3.05) is 13.5 Å². The van der Waals surface area contributed by atoms with E-state index in [1.54, 1.807) is 25.4 Å². The number of fused-ring (bicyclic) bond motifs is 1. The highest BCUT2D eigenvalue weighted by Crippen LogP contribution is 2.27. The first kappa shape index (κ1) is 6.90. The second kappa shape index (κ2) is 3.72. The minimum Gasteiger partial charge on any atom is -0.507 e. The Labute approximate surface area is 85.6 Å². The van der Waals surface area contributed by atoms with E-state index in [0.717, 1.165) is 11.1 Å². The number of aromatic nitrogens is 1. The number of aromatic hydroxyl groups is 1. The van der Waals surface area contributed by atoms with E-state index in [4.69, 9.17) is 2.74 Å². The van der Waals surface area contributed by atoms with Gasteiger partial charge in [-0.3, -0.25) is 0 Å². The van der Waals surface area contributed by atoms with Crippen LogP contribution in [0.1, 0.15) is 8.30 Å². The van der Waals surface area contributed by atoms with Crippen LogP contribution in [0.4, 0.5) is 0 Å². The van der Waals surface area contributed by atoms with Gasteiger partial charge in [-0.25, -0.2) is 0 Å². The van der Waals surface area contributed by atoms with Gasteiger partial charge in [0, 0.05) is 19.8 Å². The van der Waals surface area contributed by atoms with Crippen molar-refractivity contribution in [1.29, 1.82) is 0 Å². The largest absolute Gasteiger partial charge is 0.507 e. The van der Waals surface area contributed by atoms with Crippen LogP contribution in [0.5, 0.6) is 5.75 Å². The van der Waals surface area contributed by atoms with Gasteiger partial charge in [0.1, 0.15) is 5.75 Å². The Morgan fingerprint density at radius 3 is 3.21 bits per heavy atom. The van der Waals surface area contributed by atoms with Crippen molar-refractivity contribution in [3.05, 3.63) is 30.0 Å². The molecule has 0 fully saturated rings. The molecule has 0 spiro atoms. The number of likely N-dealkylation sites (N-methyl/N-ethyl adjacent to an activating group) is 1. The molecule has 14 heavy (non-hydrogen) atoms. The maximum atomic E-state index is 9.75. The summed E-state index contributed by atoms with van der Waals surface area (Å²) in [6, 6.07) is 5.22. The van der Waals surface area contributed by atoms with Gasteiger partial charge in [0.05, 0.1) is 0 Å². The Hall–Kier alpha value is -1.48. The van der Waals surface area contributed by atoms with Crippen LogP contribution in [0.15, 0.2) is 24.4 Å². The summed E-state index contributed by atoms with van der Waals surface area (Å²) in [5.74, 6) is 0.181. The van der Waals surface area contributed by atoms with Crippen molar-refractivity contribution in [2.45, 2.75) is 6.42 Å². The van der Waals surface area contributed by atoms with Crippen LogP contribution in [0.2, 0.25) is 0 Å². The molecule has 2 aromatic rings. The molecule has 2 rings (SSSR count). The standard InChI is InChI=1S/C11H14N2O/c1-12-6-5-8-7-13-9-3-2-4-10(14)11(8)9/h2-4,7,12-14H,5-6H2,1H3/i6D2. The number of hydrogen-bond acceptors (Lipinski definition) is 2. The van der Waals surface area contributed by atoms with Gasteiger partial charge in [-0.1, -0.05) is 6.07 Å². The van der Waals surface area contributed by atoms with Gasteiger partial charge in [-0.2, -0.15) is 0 Å². The van der Waals surface area contributed by atoms with Crippen LogP contribution >= 0.6 is 0 Å². The maximum absolute atomic E-state index is 9.75. The summed E-state index contributed by atoms with van der Waals surface area (Å²) >= 11 is 0. The number of H-pyrrole nitrogens is 1. The van der Waals surface area contributed by atoms with E-state index in [9.17, 15) is 5.11 Å². The average molecular weight is 192 g/mol. The first-order valence-electron chi connectivity index (χ1n) is 5.50. The predicted molar refractivity (Wildman–Crippen MR) is 57.6 cm³/mol. The lowest BCUT2D eigenvalue weighted by atomic mass is 10.1. The number of nitrogens with one attached hydrogen (secondary N) is 2. The quantitative estimate of drug-likeness (QED) is 0.692. The molecular formula is C11H14N2O. The summed E-state index contributed by atoms with van der Waals surface area (Å²) < 4.78 is 15.3. The average Bonchev–Trinajstić information content (AvgIpc) is 2.62. The van der Waals surface area contributed by atoms with Crippen molar-refractivity contribution in [2.24, 2.45) is 0 Å². The number of phenolic OH excluding ortho intramolecular Hbond substituents is 1. The van der Waals surface area contributed by atoms with Crippen LogP contribution in [0, 0.1) is 0 Å². The molecule has 0 unspecified atom stereocenters. The highest BCUT2D eigenvalue weighted by atomic mass is 16.3. The van der Waals surface area contributed by atoms with Gasteiger partial charge < -0.3 is 15.4 Å². The van der Waals surface area contributed by atoms with E-state index in [-0.39, 0.29) is 12.2 Å². The highest BCUT2D eigenvalue weighted by Gasteiger charge is 2.06. The molecule has 0 radical (unpaired) electrons. The van der Waals surface area contributed by atoms with Crippen LogP contribution in [-0.4, -0.2) is 23.6 Å². The molecule has 3 N–H and O–H groups in total. The van der Waals surface area contributed by atoms with Gasteiger partial charge in [-0.15, -0.1) is 0 Å². The minimum absolute atomic E-state index is 0.181. The monoisotopic (exact) mass is 192 g/mol. The van der Waals surface area contributed by atoms with Crippen LogP contribution in [-0.2, 0) is 6.42 Å². The normalized spacial score (nSPS) is 14.1. The highest BCUT2D eigenvalue weighted by molar-refractivity contribution is 5.88. The molecule has 1 aromatic heterocycles. The van der Waals surface area contributed by atoms with Crippen molar-refractivity contribution in [1.82, 2.24) is 10.3 Å². The molecule has 0 aliphatic heterocycles. The van der Waals surface area contributed by atoms with Crippen LogP contribution < -0.4 is 5.32 Å². The molecule has 0 saturated carbocycles. The van der Waals surface area contributed by atoms with Crippen molar-refractivity contribution >= 4 is 10.9 Å². The van der Waals surface area contributed by atoms with Crippen LogP contribution in [0.25, 0.3) is 10.9 Å². The van der Waals surface area contributed by atoms with E-state index >= 15 is 0 Å². The minimum atomic E-state index is -1.47. The molecule has 0 atom stereocenters. The molecule has 0 aliphatic carbocycles. The lowest BCUT2D eigenvalue weighted by molar-refractivity contribution is 0.481. The molecule has 1 aromatic carbocycles. The van der Waals surface area contributed by atoms with E-state index in [1.807, 2.05) is 6.07 Å². The lowest BCUT2D eigenvalue weighted by Crippen LogP contribution is -2.09. The fourth-order valence-electron chi connectivity index (χ4n) is 1.56. The Morgan fingerprint density at radius 2 is 2.43 bits per heavy atom. The van der Waals surface area contributed by atoms with Crippen molar-refractivity contribution < 1.29 is 7.85 Å². The summed E-state index contributed by atoms with van der Waals surface area (Å²) in [6.45, 7) is -1.47. The maximum Gasteiger partial charge on any atom is 0.125 e. The third-order valence-corrected chi connectivity index (χ3v) is 2.22. The fourth-order valence-corrected chi connectivity index (χ4v) is 1.56. The molecular weight excluding hydrogens is 176 g/mol. The van der Waals surface area contributed by atoms with Gasteiger partial charge in [-0.05, 0) is 37.7 Å². The Morgan fingerprint density at radius 1 is 1.57 bits per heavy atom. The van der Waals surface area contributed by atoms with Gasteiger partial charge in [0.2, 0.25) is 0 Å². The number of aryl methyl sites for hydroxylation is 1. The molecule has 0 saturated heterocycles. The van der Waals surface area contributed by atoms with Crippen molar-refractivity contribution in [3.8, 4) is 5.75 Å². The van der Waals surface area contributed by atoms with Gasteiger partial charge in [0.15, 0.2) is 0 Å². The van der Waals surface area contributed by atoms with Crippen molar-refractivity contribution in [3.63, 3.8) is 0 Å². The summed E-state index contributed by atoms with van der Waals surface area (Å²) in [6.07, 6.45) is 1.95. The zero-order chi connectivity index (χ0) is 11.8. The molecule has 3 heteroatoms. The topological polar surface area (TPSA) is 48.0 Å². The Bertz CT molecular complexity index is 508. The molecule has 74 valence electrons. The summed E-state index contributed by atoms with van der Waals surface area (Å²) in [5.41, 5.74) is 1.59. The second-order valence-electron chi connectivity index (χ2n) is 3.12. The SMILES string of the molecule is [2H]C([2H])(Cc1c[nH]c2cccc(O)c12)NC. The van der Waals surface area contributed by atoms with E-state index in [0.29, 0.717) is 5.39 Å². The second-order valence-corrected chi connectivity index (χ2v) is 3.12. The van der Waals surface area contributed by atoms with E-state index in [2.05, 4.69) is 10.3 Å². The van der Waals surface area contributed by atoms with Gasteiger partial charge in [0.25, 0.3) is 0 Å². The predicted octanol–water partition coefficient (Wildman–Crippen LogP) is 1.64. The first-order valence-corrected chi connectivity index (χ1v) is 4.50. The van der Waals surface area contributed by atoms with Crippen LogP contribution in [0.3, 0.4) is 0 Å². The number of benzene rings is 1. The molecule has 1 heterocycles. The molecule has 0 bridgehead atoms. The third-order valence-electron chi connectivity index (χ3n) is 2.22. The van der Waals surface area contributed by atoms with E-state index in [1.165, 1.54) is 0 Å². The Balaban J connectivity index is 2.46. The summed E-state index contributed by atoms with van der Waals surface area (Å²) in [7, 11) is 1.58. The smallest absolute Gasteiger partial charge is 0.125 e. The number of hydrogen-bond donors (Lipinski definition) is 3. The van der Waals surface area contributed by atoms with Gasteiger partial charge >= 0.3 is 0 Å². The third kappa shape index (κ3) is 1.46. The lowest BCUT2D eigenvalue weighted by Gasteiger charge is -2.00. The Kier molecular flexibility index (Phi) is 1.83. The first-order chi connectivity index (χ1) is 7.53. The summed E-state index contributed by atoms with van der Waals surface area (Å²) in [5, 5.41) is 13.0. The molecule has 3 nitrogen and oxygen atoms in total. The number of phenols is 1. The fraction of sp³-hybridized carbons (Fsp3) is 0.273. The molecule has 0 amide bonds. The zero-order valence-electron chi connectivity index (χ0n) is 9.96. The number of aromatic amines is 1. The molecule has 0 aliphatic rings. The summed E-state index contributed by atoms with van der Waals surface area (Å²) in [4.78, 5) is 3.02. The van der Waals surface area contributed by atoms with E-state index < -0.39 is 6.50 Å².